The van der Waals surface area contributed by atoms with Gasteiger partial charge < -0.3 is 11.1 Å². The van der Waals surface area contributed by atoms with Crippen LogP contribution in [0.25, 0.3) is 0 Å². The van der Waals surface area contributed by atoms with Crippen LogP contribution in [-0.4, -0.2) is 50.1 Å². The van der Waals surface area contributed by atoms with E-state index >= 15 is 0 Å². The molecule has 18 heavy (non-hydrogen) atoms. The van der Waals surface area contributed by atoms with Crippen LogP contribution in [-0.2, 0) is 14.8 Å². The van der Waals surface area contributed by atoms with Gasteiger partial charge in [-0.3, -0.25) is 4.79 Å². The molecule has 1 atom stereocenters. The highest BCUT2D eigenvalue weighted by Crippen LogP contribution is 2.21. The van der Waals surface area contributed by atoms with E-state index in [1.807, 2.05) is 6.92 Å². The molecule has 0 aromatic carbocycles. The SMILES string of the molecule is CCCS(=O)(=O)N1CCCCC1C(=O)NCCN. The summed E-state index contributed by atoms with van der Waals surface area (Å²) in [6.07, 6.45) is 2.87. The number of carbonyl (C=O) groups excluding carboxylic acids is 1. The zero-order chi connectivity index (χ0) is 13.6. The molecule has 1 rings (SSSR count). The van der Waals surface area contributed by atoms with Gasteiger partial charge in [0.15, 0.2) is 0 Å². The molecular weight excluding hydrogens is 254 g/mol. The lowest BCUT2D eigenvalue weighted by atomic mass is 10.0. The Bertz CT molecular complexity index is 370. The average molecular weight is 277 g/mol. The first-order chi connectivity index (χ1) is 8.53. The highest BCUT2D eigenvalue weighted by Gasteiger charge is 2.35. The van der Waals surface area contributed by atoms with Gasteiger partial charge in [0.05, 0.1) is 5.75 Å². The molecule has 1 unspecified atom stereocenters. The summed E-state index contributed by atoms with van der Waals surface area (Å²) >= 11 is 0. The quantitative estimate of drug-likeness (QED) is 0.694. The zero-order valence-corrected chi connectivity index (χ0v) is 11.7. The van der Waals surface area contributed by atoms with E-state index in [4.69, 9.17) is 5.73 Å². The van der Waals surface area contributed by atoms with Crippen LogP contribution in [0.2, 0.25) is 0 Å². The van der Waals surface area contributed by atoms with Gasteiger partial charge in [0.25, 0.3) is 0 Å². The van der Waals surface area contributed by atoms with Crippen LogP contribution < -0.4 is 11.1 Å². The van der Waals surface area contributed by atoms with Crippen molar-refractivity contribution in [3.8, 4) is 0 Å². The van der Waals surface area contributed by atoms with Gasteiger partial charge in [-0.15, -0.1) is 0 Å². The molecule has 1 aliphatic rings. The van der Waals surface area contributed by atoms with Crippen LogP contribution in [0.15, 0.2) is 0 Å². The fraction of sp³-hybridized carbons (Fsp3) is 0.909. The number of rotatable bonds is 6. The lowest BCUT2D eigenvalue weighted by Crippen LogP contribution is -2.52. The van der Waals surface area contributed by atoms with E-state index in [-0.39, 0.29) is 11.7 Å². The molecule has 1 heterocycles. The second-order valence-corrected chi connectivity index (χ2v) is 6.56. The van der Waals surface area contributed by atoms with Crippen LogP contribution >= 0.6 is 0 Å². The molecule has 7 heteroatoms. The van der Waals surface area contributed by atoms with Crippen molar-refractivity contribution in [2.24, 2.45) is 5.73 Å². The highest BCUT2D eigenvalue weighted by molar-refractivity contribution is 7.89. The van der Waals surface area contributed by atoms with Crippen molar-refractivity contribution in [2.45, 2.75) is 38.6 Å². The van der Waals surface area contributed by atoms with E-state index in [0.29, 0.717) is 32.5 Å². The monoisotopic (exact) mass is 277 g/mol. The van der Waals surface area contributed by atoms with Gasteiger partial charge in [-0.2, -0.15) is 4.31 Å². The summed E-state index contributed by atoms with van der Waals surface area (Å²) in [7, 11) is -3.31. The molecule has 0 bridgehead atoms. The number of amides is 1. The number of nitrogens with zero attached hydrogens (tertiary/aromatic N) is 1. The van der Waals surface area contributed by atoms with Gasteiger partial charge in [-0.25, -0.2) is 8.42 Å². The first-order valence-electron chi connectivity index (χ1n) is 6.50. The molecule has 1 amide bonds. The minimum absolute atomic E-state index is 0.105. The van der Waals surface area contributed by atoms with Gasteiger partial charge in [-0.05, 0) is 19.3 Å². The van der Waals surface area contributed by atoms with Gasteiger partial charge in [0.1, 0.15) is 6.04 Å². The number of nitrogens with one attached hydrogen (secondary N) is 1. The van der Waals surface area contributed by atoms with Crippen molar-refractivity contribution in [3.63, 3.8) is 0 Å². The third-order valence-corrected chi connectivity index (χ3v) is 5.10. The van der Waals surface area contributed by atoms with Gasteiger partial charge >= 0.3 is 0 Å². The maximum atomic E-state index is 12.1. The molecule has 0 aromatic rings. The fourth-order valence-corrected chi connectivity index (χ4v) is 3.93. The van der Waals surface area contributed by atoms with Gasteiger partial charge in [0, 0.05) is 19.6 Å². The summed E-state index contributed by atoms with van der Waals surface area (Å²) in [6, 6.07) is -0.554. The first-order valence-corrected chi connectivity index (χ1v) is 8.11. The second kappa shape index (κ2) is 7.06. The maximum Gasteiger partial charge on any atom is 0.238 e. The summed E-state index contributed by atoms with van der Waals surface area (Å²) in [4.78, 5) is 11.9. The lowest BCUT2D eigenvalue weighted by molar-refractivity contribution is -0.125. The molecule has 0 aliphatic carbocycles. The summed E-state index contributed by atoms with van der Waals surface area (Å²) in [5, 5.41) is 2.68. The lowest BCUT2D eigenvalue weighted by Gasteiger charge is -2.33. The van der Waals surface area contributed by atoms with Crippen LogP contribution in [0.3, 0.4) is 0 Å². The highest BCUT2D eigenvalue weighted by atomic mass is 32.2. The largest absolute Gasteiger partial charge is 0.353 e. The van der Waals surface area contributed by atoms with Gasteiger partial charge in [0.2, 0.25) is 15.9 Å². The molecule has 0 spiro atoms. The molecule has 3 N–H and O–H groups in total. The Hall–Kier alpha value is -0.660. The first kappa shape index (κ1) is 15.4. The Morgan fingerprint density at radius 2 is 2.17 bits per heavy atom. The van der Waals surface area contributed by atoms with Crippen molar-refractivity contribution in [2.75, 3.05) is 25.4 Å². The Labute approximate surface area is 109 Å². The van der Waals surface area contributed by atoms with E-state index in [0.717, 1.165) is 12.8 Å². The van der Waals surface area contributed by atoms with Crippen molar-refractivity contribution in [3.05, 3.63) is 0 Å². The zero-order valence-electron chi connectivity index (χ0n) is 10.9. The summed E-state index contributed by atoms with van der Waals surface area (Å²) < 4.78 is 25.6. The third-order valence-electron chi connectivity index (χ3n) is 3.02. The molecule has 0 saturated carbocycles. The van der Waals surface area contributed by atoms with Crippen molar-refractivity contribution in [1.82, 2.24) is 9.62 Å². The van der Waals surface area contributed by atoms with Crippen molar-refractivity contribution >= 4 is 15.9 Å². The number of sulfonamides is 1. The van der Waals surface area contributed by atoms with Crippen molar-refractivity contribution < 1.29 is 13.2 Å². The molecule has 1 fully saturated rings. The van der Waals surface area contributed by atoms with E-state index < -0.39 is 16.1 Å². The maximum absolute atomic E-state index is 12.1. The van der Waals surface area contributed by atoms with E-state index in [2.05, 4.69) is 5.32 Å². The summed E-state index contributed by atoms with van der Waals surface area (Å²) in [5.41, 5.74) is 5.33. The second-order valence-electron chi connectivity index (χ2n) is 4.52. The number of hydrogen-bond acceptors (Lipinski definition) is 4. The molecule has 1 aliphatic heterocycles. The van der Waals surface area contributed by atoms with Crippen LogP contribution in [0.1, 0.15) is 32.6 Å². The average Bonchev–Trinajstić information content (AvgIpc) is 2.36. The van der Waals surface area contributed by atoms with E-state index in [9.17, 15) is 13.2 Å². The van der Waals surface area contributed by atoms with E-state index in [1.165, 1.54) is 4.31 Å². The number of nitrogens with two attached hydrogens (primary N) is 1. The standard InChI is InChI=1S/C11H23N3O3S/c1-2-9-18(16,17)14-8-4-3-5-10(14)11(15)13-7-6-12/h10H,2-9,12H2,1H3,(H,13,15). The minimum Gasteiger partial charge on any atom is -0.353 e. The smallest absolute Gasteiger partial charge is 0.238 e. The normalized spacial score (nSPS) is 21.8. The minimum atomic E-state index is -3.31. The molecule has 6 nitrogen and oxygen atoms in total. The van der Waals surface area contributed by atoms with E-state index in [1.54, 1.807) is 0 Å². The Balaban J connectivity index is 2.76. The predicted octanol–water partition coefficient (Wildman–Crippen LogP) is -0.344. The molecule has 1 saturated heterocycles. The van der Waals surface area contributed by atoms with Gasteiger partial charge in [-0.1, -0.05) is 13.3 Å². The van der Waals surface area contributed by atoms with Crippen LogP contribution in [0, 0.1) is 0 Å². The summed E-state index contributed by atoms with van der Waals surface area (Å²) in [6.45, 7) is 3.02. The topological polar surface area (TPSA) is 92.5 Å². The number of carbonyl (C=O) groups is 1. The predicted molar refractivity (Wildman–Crippen MR) is 70.5 cm³/mol. The Kier molecular flexibility index (Phi) is 6.04. The van der Waals surface area contributed by atoms with Crippen molar-refractivity contribution in [1.29, 1.82) is 0 Å². The molecule has 0 aromatic heterocycles. The number of piperidine rings is 1. The molecule has 0 radical (unpaired) electrons. The van der Waals surface area contributed by atoms with Crippen LogP contribution in [0.4, 0.5) is 0 Å². The molecular formula is C11H23N3O3S. The molecule has 106 valence electrons. The summed E-state index contributed by atoms with van der Waals surface area (Å²) in [5.74, 6) is -0.118. The fourth-order valence-electron chi connectivity index (χ4n) is 2.19. The Morgan fingerprint density at radius 3 is 2.78 bits per heavy atom. The number of hydrogen-bond donors (Lipinski definition) is 2. The van der Waals surface area contributed by atoms with Crippen LogP contribution in [0.5, 0.6) is 0 Å². The third kappa shape index (κ3) is 3.93. The Morgan fingerprint density at radius 1 is 1.44 bits per heavy atom.